The summed E-state index contributed by atoms with van der Waals surface area (Å²) < 4.78 is 18.1. The largest absolute Gasteiger partial charge is 0.489 e. The van der Waals surface area contributed by atoms with Gasteiger partial charge in [0, 0.05) is 34.9 Å². The van der Waals surface area contributed by atoms with Crippen LogP contribution in [-0.2, 0) is 10.8 Å². The van der Waals surface area contributed by atoms with Crippen molar-refractivity contribution in [3.63, 3.8) is 0 Å². The third kappa shape index (κ3) is 7.97. The predicted octanol–water partition coefficient (Wildman–Crippen LogP) is 3.63. The van der Waals surface area contributed by atoms with Gasteiger partial charge in [0.1, 0.15) is 11.9 Å². The molecule has 27 heavy (non-hydrogen) atoms. The molecule has 5 nitrogen and oxygen atoms in total. The molecule has 1 fully saturated rings. The molecule has 2 N–H and O–H groups in total. The fourth-order valence-electron chi connectivity index (χ4n) is 3.33. The normalized spacial score (nSPS) is 22.3. The number of rotatable bonds is 7. The second kappa shape index (κ2) is 12.6. The van der Waals surface area contributed by atoms with E-state index in [1.54, 1.807) is 7.05 Å². The first-order valence-electron chi connectivity index (χ1n) is 9.60. The van der Waals surface area contributed by atoms with Crippen LogP contribution in [0.4, 0.5) is 0 Å². The van der Waals surface area contributed by atoms with E-state index in [-0.39, 0.29) is 30.1 Å². The molecule has 154 valence electrons. The zero-order chi connectivity index (χ0) is 18.9. The molecule has 0 amide bonds. The Kier molecular flexibility index (Phi) is 11.3. The zero-order valence-corrected chi connectivity index (χ0v) is 20.0. The average Bonchev–Trinajstić information content (AvgIpc) is 2.66. The molecule has 4 atom stereocenters. The molecular weight excluding hydrogens is 473 g/mol. The van der Waals surface area contributed by atoms with Crippen molar-refractivity contribution in [3.05, 3.63) is 29.8 Å². The average molecular weight is 507 g/mol. The molecule has 1 aliphatic rings. The van der Waals surface area contributed by atoms with Crippen LogP contribution in [0.3, 0.4) is 0 Å². The summed E-state index contributed by atoms with van der Waals surface area (Å²) in [5.41, 5.74) is 1.14. The maximum atomic E-state index is 12.1. The summed E-state index contributed by atoms with van der Waals surface area (Å²) in [4.78, 5) is 4.33. The number of nitrogens with one attached hydrogen (secondary N) is 2. The summed E-state index contributed by atoms with van der Waals surface area (Å²) in [7, 11) is 1.08. The number of halogens is 1. The van der Waals surface area contributed by atoms with Gasteiger partial charge in [-0.2, -0.15) is 0 Å². The number of hydrogen-bond donors (Lipinski definition) is 2. The monoisotopic (exact) mass is 507 g/mol. The molecule has 0 heterocycles. The van der Waals surface area contributed by atoms with Gasteiger partial charge in [0.15, 0.2) is 5.96 Å². The third-order valence-corrected chi connectivity index (χ3v) is 6.57. The molecular formula is C20H34IN3O2S. The highest BCUT2D eigenvalue weighted by Crippen LogP contribution is 2.23. The lowest BCUT2D eigenvalue weighted by molar-refractivity contribution is 0.222. The Bertz CT molecular complexity index is 627. The smallest absolute Gasteiger partial charge is 0.191 e. The van der Waals surface area contributed by atoms with E-state index in [2.05, 4.69) is 28.6 Å². The summed E-state index contributed by atoms with van der Waals surface area (Å²) in [6, 6.07) is 8.38. The molecule has 1 saturated carbocycles. The second-order valence-corrected chi connectivity index (χ2v) is 8.95. The molecule has 0 saturated heterocycles. The van der Waals surface area contributed by atoms with E-state index in [1.807, 2.05) is 32.0 Å². The number of hydrogen-bond acceptors (Lipinski definition) is 3. The highest BCUT2D eigenvalue weighted by atomic mass is 127. The first-order chi connectivity index (χ1) is 12.5. The van der Waals surface area contributed by atoms with Crippen LogP contribution in [-0.4, -0.2) is 46.9 Å². The number of benzene rings is 1. The fourth-order valence-corrected chi connectivity index (χ4v) is 4.67. The Morgan fingerprint density at radius 2 is 2.11 bits per heavy atom. The van der Waals surface area contributed by atoms with Crippen LogP contribution in [0.25, 0.3) is 0 Å². The van der Waals surface area contributed by atoms with Gasteiger partial charge in [0.05, 0.1) is 6.54 Å². The van der Waals surface area contributed by atoms with Crippen molar-refractivity contribution in [2.24, 2.45) is 4.99 Å². The Morgan fingerprint density at radius 1 is 1.37 bits per heavy atom. The zero-order valence-electron chi connectivity index (χ0n) is 16.9. The highest BCUT2D eigenvalue weighted by Gasteiger charge is 2.26. The van der Waals surface area contributed by atoms with Crippen molar-refractivity contribution < 1.29 is 8.95 Å². The first kappa shape index (κ1) is 24.2. The van der Waals surface area contributed by atoms with Gasteiger partial charge in [-0.3, -0.25) is 9.20 Å². The van der Waals surface area contributed by atoms with Gasteiger partial charge in [-0.05, 0) is 44.7 Å². The SMILES string of the molecule is CCS(=O)C1CCCC(NC(=NC)NCC(C)Oc2ccccc2C)C1.I. The molecule has 2 rings (SSSR count). The fraction of sp³-hybridized carbons (Fsp3) is 0.650. The van der Waals surface area contributed by atoms with Gasteiger partial charge >= 0.3 is 0 Å². The lowest BCUT2D eigenvalue weighted by Gasteiger charge is -2.30. The standard InChI is InChI=1S/C20H33N3O2S.HI/c1-5-26(24)18-11-8-10-17(13-18)23-20(21-4)22-14-16(3)25-19-12-7-6-9-15(19)2;/h6-7,9,12,16-18H,5,8,10-11,13-14H2,1-4H3,(H2,21,22,23);1H. The molecule has 1 aromatic rings. The molecule has 0 radical (unpaired) electrons. The molecule has 0 bridgehead atoms. The van der Waals surface area contributed by atoms with Gasteiger partial charge in [-0.25, -0.2) is 0 Å². The maximum Gasteiger partial charge on any atom is 0.191 e. The van der Waals surface area contributed by atoms with Crippen LogP contribution in [0.15, 0.2) is 29.3 Å². The number of ether oxygens (including phenoxy) is 1. The number of aliphatic imine (C=N–C) groups is 1. The molecule has 1 aromatic carbocycles. The van der Waals surface area contributed by atoms with Crippen LogP contribution >= 0.6 is 24.0 Å². The lowest BCUT2D eigenvalue weighted by Crippen LogP contribution is -2.48. The minimum atomic E-state index is -0.707. The van der Waals surface area contributed by atoms with Crippen molar-refractivity contribution in [2.75, 3.05) is 19.3 Å². The van der Waals surface area contributed by atoms with Crippen molar-refractivity contribution >= 4 is 40.7 Å². The van der Waals surface area contributed by atoms with E-state index in [0.29, 0.717) is 17.8 Å². The van der Waals surface area contributed by atoms with Crippen LogP contribution in [0.2, 0.25) is 0 Å². The van der Waals surface area contributed by atoms with E-state index in [0.717, 1.165) is 48.7 Å². The van der Waals surface area contributed by atoms with Crippen LogP contribution < -0.4 is 15.4 Å². The quantitative estimate of drug-likeness (QED) is 0.336. The molecule has 7 heteroatoms. The van der Waals surface area contributed by atoms with Crippen molar-refractivity contribution in [2.45, 2.75) is 63.9 Å². The summed E-state index contributed by atoms with van der Waals surface area (Å²) in [6.07, 6.45) is 4.29. The van der Waals surface area contributed by atoms with E-state index in [1.165, 1.54) is 0 Å². The maximum absolute atomic E-state index is 12.1. The lowest BCUT2D eigenvalue weighted by atomic mass is 9.95. The number of para-hydroxylation sites is 1. The number of nitrogens with zero attached hydrogens (tertiary/aromatic N) is 1. The Labute approximate surface area is 183 Å². The number of aryl methyl sites for hydroxylation is 1. The van der Waals surface area contributed by atoms with Gasteiger partial charge in [-0.1, -0.05) is 31.5 Å². The Morgan fingerprint density at radius 3 is 2.78 bits per heavy atom. The van der Waals surface area contributed by atoms with E-state index < -0.39 is 10.8 Å². The van der Waals surface area contributed by atoms with Crippen molar-refractivity contribution in [1.29, 1.82) is 0 Å². The molecule has 1 aliphatic carbocycles. The van der Waals surface area contributed by atoms with Crippen LogP contribution in [0.1, 0.15) is 45.1 Å². The van der Waals surface area contributed by atoms with Gasteiger partial charge in [0.2, 0.25) is 0 Å². The summed E-state index contributed by atoms with van der Waals surface area (Å²) in [5, 5.41) is 7.16. The molecule has 0 spiro atoms. The Hall–Kier alpha value is -0.830. The summed E-state index contributed by atoms with van der Waals surface area (Å²) in [6.45, 7) is 6.78. The van der Waals surface area contributed by atoms with Crippen molar-refractivity contribution in [1.82, 2.24) is 10.6 Å². The first-order valence-corrected chi connectivity index (χ1v) is 11.0. The summed E-state index contributed by atoms with van der Waals surface area (Å²) in [5.74, 6) is 2.46. The van der Waals surface area contributed by atoms with E-state index in [9.17, 15) is 4.21 Å². The van der Waals surface area contributed by atoms with Gasteiger partial charge in [0.25, 0.3) is 0 Å². The summed E-state index contributed by atoms with van der Waals surface area (Å²) >= 11 is 0. The predicted molar refractivity (Wildman–Crippen MR) is 126 cm³/mol. The molecule has 0 aromatic heterocycles. The minimum absolute atomic E-state index is 0. The highest BCUT2D eigenvalue weighted by molar-refractivity contribution is 14.0. The van der Waals surface area contributed by atoms with Crippen molar-refractivity contribution in [3.8, 4) is 5.75 Å². The topological polar surface area (TPSA) is 62.7 Å². The Balaban J connectivity index is 0.00000364. The second-order valence-electron chi connectivity index (χ2n) is 6.95. The molecule has 0 aliphatic heterocycles. The molecule has 4 unspecified atom stereocenters. The van der Waals surface area contributed by atoms with Gasteiger partial charge in [-0.15, -0.1) is 24.0 Å². The van der Waals surface area contributed by atoms with Crippen LogP contribution in [0.5, 0.6) is 5.75 Å². The third-order valence-electron chi connectivity index (χ3n) is 4.83. The van der Waals surface area contributed by atoms with Gasteiger partial charge < -0.3 is 15.4 Å². The van der Waals surface area contributed by atoms with Crippen LogP contribution in [0, 0.1) is 6.92 Å². The number of guanidine groups is 1. The minimum Gasteiger partial charge on any atom is -0.489 e. The van der Waals surface area contributed by atoms with E-state index >= 15 is 0 Å². The van der Waals surface area contributed by atoms with E-state index in [4.69, 9.17) is 4.74 Å².